The summed E-state index contributed by atoms with van der Waals surface area (Å²) in [6, 6.07) is 5.94. The van der Waals surface area contributed by atoms with Gasteiger partial charge in [-0.2, -0.15) is 0 Å². The van der Waals surface area contributed by atoms with Gasteiger partial charge in [-0.3, -0.25) is 5.41 Å². The van der Waals surface area contributed by atoms with Gasteiger partial charge in [0.1, 0.15) is 5.84 Å². The molecule has 0 amide bonds. The van der Waals surface area contributed by atoms with Crippen LogP contribution in [0.15, 0.2) is 28.1 Å². The number of fused-ring (bicyclic) bond motifs is 1. The number of nitrogens with zero attached hydrogens (tertiary/aromatic N) is 1. The van der Waals surface area contributed by atoms with Crippen molar-refractivity contribution in [3.63, 3.8) is 0 Å². The SMILES string of the molecule is CCC(C)Sc1cccc2c1C(=N)N=C2N. The monoisotopic (exact) mass is 233 g/mol. The summed E-state index contributed by atoms with van der Waals surface area (Å²) in [5, 5.41) is 8.37. The summed E-state index contributed by atoms with van der Waals surface area (Å²) in [5.41, 5.74) is 7.56. The van der Waals surface area contributed by atoms with Crippen molar-refractivity contribution < 1.29 is 0 Å². The number of rotatable bonds is 3. The number of hydrogen-bond donors (Lipinski definition) is 2. The van der Waals surface area contributed by atoms with Gasteiger partial charge in [0, 0.05) is 21.3 Å². The van der Waals surface area contributed by atoms with E-state index in [1.54, 1.807) is 11.8 Å². The van der Waals surface area contributed by atoms with E-state index in [9.17, 15) is 0 Å². The molecule has 0 spiro atoms. The quantitative estimate of drug-likeness (QED) is 0.788. The van der Waals surface area contributed by atoms with E-state index < -0.39 is 0 Å². The molecule has 3 N–H and O–H groups in total. The molecule has 0 saturated carbocycles. The number of amidine groups is 2. The van der Waals surface area contributed by atoms with E-state index in [0.717, 1.165) is 22.4 Å². The Morgan fingerprint density at radius 3 is 2.94 bits per heavy atom. The Balaban J connectivity index is 2.40. The number of aliphatic imine (C=N–C) groups is 1. The van der Waals surface area contributed by atoms with Crippen molar-refractivity contribution in [2.24, 2.45) is 10.7 Å². The van der Waals surface area contributed by atoms with Crippen LogP contribution < -0.4 is 5.73 Å². The summed E-state index contributed by atoms with van der Waals surface area (Å²) < 4.78 is 0. The van der Waals surface area contributed by atoms with Crippen molar-refractivity contribution >= 4 is 23.4 Å². The number of nitrogens with one attached hydrogen (secondary N) is 1. The molecule has 16 heavy (non-hydrogen) atoms. The molecular weight excluding hydrogens is 218 g/mol. The second kappa shape index (κ2) is 4.29. The highest BCUT2D eigenvalue weighted by Gasteiger charge is 2.22. The lowest BCUT2D eigenvalue weighted by molar-refractivity contribution is 0.905. The summed E-state index contributed by atoms with van der Waals surface area (Å²) in [7, 11) is 0. The molecule has 0 aromatic heterocycles. The Morgan fingerprint density at radius 2 is 2.25 bits per heavy atom. The lowest BCUT2D eigenvalue weighted by Gasteiger charge is -2.11. The van der Waals surface area contributed by atoms with Crippen LogP contribution in [0.2, 0.25) is 0 Å². The van der Waals surface area contributed by atoms with Gasteiger partial charge in [-0.15, -0.1) is 11.8 Å². The zero-order valence-electron chi connectivity index (χ0n) is 9.45. The van der Waals surface area contributed by atoms with Crippen LogP contribution in [-0.2, 0) is 0 Å². The summed E-state index contributed by atoms with van der Waals surface area (Å²) in [6.45, 7) is 4.35. The Kier molecular flexibility index (Phi) is 3.01. The Bertz CT molecular complexity index is 465. The van der Waals surface area contributed by atoms with E-state index in [-0.39, 0.29) is 0 Å². The molecular formula is C12H15N3S. The van der Waals surface area contributed by atoms with E-state index in [4.69, 9.17) is 11.1 Å². The van der Waals surface area contributed by atoms with Gasteiger partial charge in [0.2, 0.25) is 0 Å². The van der Waals surface area contributed by atoms with Crippen LogP contribution in [0, 0.1) is 5.41 Å². The maximum Gasteiger partial charge on any atom is 0.156 e. The topological polar surface area (TPSA) is 62.2 Å². The predicted molar refractivity (Wildman–Crippen MR) is 69.6 cm³/mol. The van der Waals surface area contributed by atoms with Crippen molar-refractivity contribution in [1.29, 1.82) is 5.41 Å². The predicted octanol–water partition coefficient (Wildman–Crippen LogP) is 2.62. The molecule has 1 atom stereocenters. The van der Waals surface area contributed by atoms with Crippen molar-refractivity contribution in [1.82, 2.24) is 0 Å². The third-order valence-corrected chi connectivity index (χ3v) is 4.00. The fourth-order valence-electron chi connectivity index (χ4n) is 1.62. The van der Waals surface area contributed by atoms with Gasteiger partial charge >= 0.3 is 0 Å². The van der Waals surface area contributed by atoms with Gasteiger partial charge in [-0.1, -0.05) is 26.0 Å². The first-order valence-electron chi connectivity index (χ1n) is 5.36. The maximum absolute atomic E-state index is 7.82. The molecule has 0 radical (unpaired) electrons. The standard InChI is InChI=1S/C12H15N3S/c1-3-7(2)16-9-6-4-5-8-10(9)12(14)15-11(8)13/h4-7H,3H2,1-2H3,(H3,13,14,15). The molecule has 3 nitrogen and oxygen atoms in total. The van der Waals surface area contributed by atoms with E-state index in [0.29, 0.717) is 16.9 Å². The van der Waals surface area contributed by atoms with Crippen LogP contribution in [0.1, 0.15) is 31.4 Å². The lowest BCUT2D eigenvalue weighted by atomic mass is 10.1. The van der Waals surface area contributed by atoms with Crippen molar-refractivity contribution in [2.45, 2.75) is 30.4 Å². The molecule has 1 aliphatic heterocycles. The van der Waals surface area contributed by atoms with Gasteiger partial charge in [-0.05, 0) is 12.5 Å². The number of nitrogens with two attached hydrogens (primary N) is 1. The summed E-state index contributed by atoms with van der Waals surface area (Å²) in [5.74, 6) is 0.755. The largest absolute Gasteiger partial charge is 0.383 e. The van der Waals surface area contributed by atoms with Crippen LogP contribution in [0.5, 0.6) is 0 Å². The lowest BCUT2D eigenvalue weighted by Crippen LogP contribution is -2.10. The first-order chi connectivity index (χ1) is 7.63. The molecule has 84 valence electrons. The van der Waals surface area contributed by atoms with Crippen LogP contribution in [-0.4, -0.2) is 16.9 Å². The number of benzene rings is 1. The minimum absolute atomic E-state index is 0.291. The molecule has 0 fully saturated rings. The van der Waals surface area contributed by atoms with Crippen molar-refractivity contribution in [3.8, 4) is 0 Å². The fraction of sp³-hybridized carbons (Fsp3) is 0.333. The average molecular weight is 233 g/mol. The minimum Gasteiger partial charge on any atom is -0.383 e. The third-order valence-electron chi connectivity index (χ3n) is 2.67. The summed E-state index contributed by atoms with van der Waals surface area (Å²) >= 11 is 1.78. The molecule has 4 heteroatoms. The van der Waals surface area contributed by atoms with E-state index in [2.05, 4.69) is 18.8 Å². The van der Waals surface area contributed by atoms with Crippen LogP contribution >= 0.6 is 11.8 Å². The zero-order valence-corrected chi connectivity index (χ0v) is 10.3. The average Bonchev–Trinajstić information content (AvgIpc) is 2.56. The summed E-state index contributed by atoms with van der Waals surface area (Å²) in [4.78, 5) is 5.13. The van der Waals surface area contributed by atoms with Crippen LogP contribution in [0.3, 0.4) is 0 Å². The highest BCUT2D eigenvalue weighted by atomic mass is 32.2. The molecule has 1 aliphatic rings. The highest BCUT2D eigenvalue weighted by Crippen LogP contribution is 2.32. The summed E-state index contributed by atoms with van der Waals surface area (Å²) in [6.07, 6.45) is 1.11. The second-order valence-corrected chi connectivity index (χ2v) is 5.34. The number of thioether (sulfide) groups is 1. The van der Waals surface area contributed by atoms with Crippen molar-refractivity contribution in [2.75, 3.05) is 0 Å². The fourth-order valence-corrected chi connectivity index (χ4v) is 2.71. The van der Waals surface area contributed by atoms with Gasteiger partial charge in [0.15, 0.2) is 5.84 Å². The van der Waals surface area contributed by atoms with E-state index in [1.165, 1.54) is 0 Å². The highest BCUT2D eigenvalue weighted by molar-refractivity contribution is 8.00. The van der Waals surface area contributed by atoms with E-state index >= 15 is 0 Å². The van der Waals surface area contributed by atoms with Gasteiger partial charge in [-0.25, -0.2) is 4.99 Å². The molecule has 0 saturated heterocycles. The van der Waals surface area contributed by atoms with E-state index in [1.807, 2.05) is 18.2 Å². The Hall–Kier alpha value is -1.29. The number of hydrogen-bond acceptors (Lipinski definition) is 3. The zero-order chi connectivity index (χ0) is 11.7. The molecule has 1 unspecified atom stereocenters. The normalized spacial score (nSPS) is 15.9. The molecule has 0 bridgehead atoms. The van der Waals surface area contributed by atoms with Gasteiger partial charge < -0.3 is 5.73 Å². The molecule has 1 aromatic rings. The molecule has 2 rings (SSSR count). The Labute approximate surface area is 99.7 Å². The van der Waals surface area contributed by atoms with Crippen LogP contribution in [0.25, 0.3) is 0 Å². The smallest absolute Gasteiger partial charge is 0.156 e. The van der Waals surface area contributed by atoms with Gasteiger partial charge in [0.25, 0.3) is 0 Å². The maximum atomic E-state index is 7.82. The molecule has 0 aliphatic carbocycles. The van der Waals surface area contributed by atoms with Gasteiger partial charge in [0.05, 0.1) is 0 Å². The third kappa shape index (κ3) is 1.85. The minimum atomic E-state index is 0.291. The Morgan fingerprint density at radius 1 is 1.50 bits per heavy atom. The molecule has 1 aromatic carbocycles. The van der Waals surface area contributed by atoms with Crippen LogP contribution in [0.4, 0.5) is 0 Å². The second-order valence-electron chi connectivity index (χ2n) is 3.86. The molecule has 1 heterocycles. The van der Waals surface area contributed by atoms with Crippen molar-refractivity contribution in [3.05, 3.63) is 29.3 Å². The first kappa shape index (κ1) is 11.2. The first-order valence-corrected chi connectivity index (χ1v) is 6.24.